The lowest BCUT2D eigenvalue weighted by molar-refractivity contribution is 0.178. The maximum atomic E-state index is 5.38. The van der Waals surface area contributed by atoms with Crippen molar-refractivity contribution in [2.24, 2.45) is 11.3 Å². The van der Waals surface area contributed by atoms with Crippen LogP contribution in [0.1, 0.15) is 40.0 Å². The summed E-state index contributed by atoms with van der Waals surface area (Å²) in [7, 11) is 1.70. The molecule has 0 bridgehead atoms. The van der Waals surface area contributed by atoms with Crippen molar-refractivity contribution in [3.63, 3.8) is 0 Å². The van der Waals surface area contributed by atoms with Crippen LogP contribution in [0.3, 0.4) is 0 Å². The van der Waals surface area contributed by atoms with Crippen LogP contribution in [0.25, 0.3) is 0 Å². The summed E-state index contributed by atoms with van der Waals surface area (Å²) in [4.78, 5) is 0. The van der Waals surface area contributed by atoms with Gasteiger partial charge in [0.05, 0.1) is 17.3 Å². The molecule has 0 aliphatic heterocycles. The van der Waals surface area contributed by atoms with E-state index in [2.05, 4.69) is 64.0 Å². The first-order chi connectivity index (χ1) is 9.30. The van der Waals surface area contributed by atoms with Gasteiger partial charge >= 0.3 is 0 Å². The number of hydrogen-bond donors (Lipinski definition) is 1. The Morgan fingerprint density at radius 2 is 1.90 bits per heavy atom. The van der Waals surface area contributed by atoms with Gasteiger partial charge in [0.15, 0.2) is 0 Å². The van der Waals surface area contributed by atoms with E-state index < -0.39 is 0 Å². The number of hydrogen-bond acceptors (Lipinski definition) is 2. The molecule has 0 amide bonds. The van der Waals surface area contributed by atoms with Gasteiger partial charge in [-0.15, -0.1) is 0 Å². The van der Waals surface area contributed by atoms with Gasteiger partial charge in [0, 0.05) is 16.6 Å². The molecule has 1 aliphatic carbocycles. The Hall–Kier alpha value is -0.220. The van der Waals surface area contributed by atoms with E-state index in [1.54, 1.807) is 7.11 Å². The Labute approximate surface area is 138 Å². The highest BCUT2D eigenvalue weighted by Gasteiger charge is 2.32. The Morgan fingerprint density at radius 3 is 2.50 bits per heavy atom. The van der Waals surface area contributed by atoms with Crippen molar-refractivity contribution in [1.82, 2.24) is 0 Å². The second kappa shape index (κ2) is 6.27. The van der Waals surface area contributed by atoms with Gasteiger partial charge in [-0.05, 0) is 68.5 Å². The third-order valence-electron chi connectivity index (χ3n) is 3.99. The molecule has 2 nitrogen and oxygen atoms in total. The smallest absolute Gasteiger partial charge is 0.135 e. The summed E-state index contributed by atoms with van der Waals surface area (Å²) in [5.41, 5.74) is 1.53. The van der Waals surface area contributed by atoms with E-state index >= 15 is 0 Å². The minimum atomic E-state index is 0.418. The monoisotopic (exact) mass is 403 g/mol. The second-order valence-electron chi connectivity index (χ2n) is 6.72. The molecule has 1 aliphatic rings. The van der Waals surface area contributed by atoms with E-state index in [-0.39, 0.29) is 0 Å². The Morgan fingerprint density at radius 1 is 1.20 bits per heavy atom. The summed E-state index contributed by atoms with van der Waals surface area (Å²) in [6.07, 6.45) is 3.76. The molecule has 0 aromatic heterocycles. The van der Waals surface area contributed by atoms with E-state index in [1.807, 2.05) is 6.07 Å². The lowest BCUT2D eigenvalue weighted by Crippen LogP contribution is -2.35. The lowest BCUT2D eigenvalue weighted by Gasteiger charge is -2.39. The molecule has 1 N–H and O–H groups in total. The quantitative estimate of drug-likeness (QED) is 0.682. The summed E-state index contributed by atoms with van der Waals surface area (Å²) in [6, 6.07) is 4.62. The molecule has 2 atom stereocenters. The van der Waals surface area contributed by atoms with Crippen molar-refractivity contribution in [3.05, 3.63) is 21.1 Å². The summed E-state index contributed by atoms with van der Waals surface area (Å²) in [6.45, 7) is 7.09. The number of anilines is 1. The van der Waals surface area contributed by atoms with Crippen molar-refractivity contribution in [2.45, 2.75) is 46.1 Å². The van der Waals surface area contributed by atoms with Crippen LogP contribution in [-0.4, -0.2) is 13.2 Å². The van der Waals surface area contributed by atoms with Crippen molar-refractivity contribution < 1.29 is 4.74 Å². The predicted molar refractivity (Wildman–Crippen MR) is 92.6 cm³/mol. The predicted octanol–water partition coefficient (Wildman–Crippen LogP) is 5.85. The van der Waals surface area contributed by atoms with Gasteiger partial charge in [0.2, 0.25) is 0 Å². The fourth-order valence-electron chi connectivity index (χ4n) is 3.47. The number of halogens is 2. The molecule has 0 heterocycles. The summed E-state index contributed by atoms with van der Waals surface area (Å²) < 4.78 is 7.42. The van der Waals surface area contributed by atoms with Crippen molar-refractivity contribution >= 4 is 37.5 Å². The summed E-state index contributed by atoms with van der Waals surface area (Å²) >= 11 is 7.14. The standard InChI is InChI=1S/C16H23Br2NO/c1-10-5-11(9-16(2,3)8-10)19-14-7-15(20-4)13(18)6-12(14)17/h6-7,10-11,19H,5,8-9H2,1-4H3. The first-order valence-corrected chi connectivity index (χ1v) is 8.69. The van der Waals surface area contributed by atoms with E-state index in [4.69, 9.17) is 4.74 Å². The Bertz CT molecular complexity index is 488. The zero-order valence-corrected chi connectivity index (χ0v) is 15.8. The van der Waals surface area contributed by atoms with Gasteiger partial charge in [0.25, 0.3) is 0 Å². The van der Waals surface area contributed by atoms with E-state index in [0.717, 1.165) is 26.3 Å². The van der Waals surface area contributed by atoms with E-state index in [9.17, 15) is 0 Å². The van der Waals surface area contributed by atoms with Gasteiger partial charge in [-0.1, -0.05) is 20.8 Å². The molecule has 1 aromatic carbocycles. The highest BCUT2D eigenvalue weighted by Crippen LogP contribution is 2.41. The van der Waals surface area contributed by atoms with Crippen LogP contribution < -0.4 is 10.1 Å². The van der Waals surface area contributed by atoms with Crippen LogP contribution in [0.2, 0.25) is 0 Å². The highest BCUT2D eigenvalue weighted by molar-refractivity contribution is 9.11. The SMILES string of the molecule is COc1cc(NC2CC(C)CC(C)(C)C2)c(Br)cc1Br. The lowest BCUT2D eigenvalue weighted by atomic mass is 9.70. The molecule has 2 rings (SSSR count). The third-order valence-corrected chi connectivity index (χ3v) is 5.26. The van der Waals surface area contributed by atoms with Gasteiger partial charge in [-0.2, -0.15) is 0 Å². The zero-order valence-electron chi connectivity index (χ0n) is 12.6. The zero-order chi connectivity index (χ0) is 14.9. The van der Waals surface area contributed by atoms with Crippen molar-refractivity contribution in [1.29, 1.82) is 0 Å². The largest absolute Gasteiger partial charge is 0.495 e. The molecule has 0 radical (unpaired) electrons. The molecule has 1 fully saturated rings. The first kappa shape index (κ1) is 16.2. The molecule has 4 heteroatoms. The summed E-state index contributed by atoms with van der Waals surface area (Å²) in [5, 5.41) is 3.69. The molecule has 0 spiro atoms. The van der Waals surface area contributed by atoms with Crippen LogP contribution in [0, 0.1) is 11.3 Å². The van der Waals surface area contributed by atoms with E-state index in [0.29, 0.717) is 11.5 Å². The minimum Gasteiger partial charge on any atom is -0.495 e. The normalized spacial score (nSPS) is 25.3. The van der Waals surface area contributed by atoms with Crippen LogP contribution in [0.4, 0.5) is 5.69 Å². The molecule has 20 heavy (non-hydrogen) atoms. The van der Waals surface area contributed by atoms with Crippen LogP contribution in [-0.2, 0) is 0 Å². The Kier molecular flexibility index (Phi) is 5.06. The topological polar surface area (TPSA) is 21.3 Å². The summed E-state index contributed by atoms with van der Waals surface area (Å²) in [5.74, 6) is 1.63. The van der Waals surface area contributed by atoms with Crippen molar-refractivity contribution in [3.8, 4) is 5.75 Å². The molecule has 0 saturated heterocycles. The number of nitrogens with one attached hydrogen (secondary N) is 1. The van der Waals surface area contributed by atoms with Crippen molar-refractivity contribution in [2.75, 3.05) is 12.4 Å². The number of benzene rings is 1. The average Bonchev–Trinajstić information content (AvgIpc) is 2.30. The van der Waals surface area contributed by atoms with Gasteiger partial charge in [-0.3, -0.25) is 0 Å². The maximum Gasteiger partial charge on any atom is 0.135 e. The van der Waals surface area contributed by atoms with Gasteiger partial charge in [0.1, 0.15) is 5.75 Å². The molecule has 2 unspecified atom stereocenters. The third kappa shape index (κ3) is 3.91. The van der Waals surface area contributed by atoms with E-state index in [1.165, 1.54) is 19.3 Å². The fraction of sp³-hybridized carbons (Fsp3) is 0.625. The van der Waals surface area contributed by atoms with Gasteiger partial charge < -0.3 is 10.1 Å². The second-order valence-corrected chi connectivity index (χ2v) is 8.43. The molecular formula is C16H23Br2NO. The Balaban J connectivity index is 2.17. The molecule has 112 valence electrons. The maximum absolute atomic E-state index is 5.38. The molecule has 1 saturated carbocycles. The minimum absolute atomic E-state index is 0.418. The fourth-order valence-corrected chi connectivity index (χ4v) is 4.74. The molecule has 1 aromatic rings. The number of rotatable bonds is 3. The molecular weight excluding hydrogens is 382 g/mol. The van der Waals surface area contributed by atoms with Crippen LogP contribution in [0.5, 0.6) is 5.75 Å². The highest BCUT2D eigenvalue weighted by atomic mass is 79.9. The number of methoxy groups -OCH3 is 1. The van der Waals surface area contributed by atoms with Crippen LogP contribution >= 0.6 is 31.9 Å². The average molecular weight is 405 g/mol. The first-order valence-electron chi connectivity index (χ1n) is 7.10. The van der Waals surface area contributed by atoms with Crippen LogP contribution in [0.15, 0.2) is 21.1 Å². The van der Waals surface area contributed by atoms with Gasteiger partial charge in [-0.25, -0.2) is 0 Å². The number of ether oxygens (including phenoxy) is 1.